The van der Waals surface area contributed by atoms with Gasteiger partial charge in [0, 0.05) is 18.3 Å². The normalized spacial score (nSPS) is 50.5. The minimum absolute atomic E-state index is 0.0410. The zero-order valence-electron chi connectivity index (χ0n) is 19.0. The van der Waals surface area contributed by atoms with Crippen LogP contribution in [-0.4, -0.2) is 34.7 Å². The van der Waals surface area contributed by atoms with Crippen LogP contribution in [0.1, 0.15) is 85.0 Å². The molecular formula is C25H36O6. The Kier molecular flexibility index (Phi) is 4.77. The molecule has 172 valence electrons. The Morgan fingerprint density at radius 1 is 1.03 bits per heavy atom. The fourth-order valence-electron chi connectivity index (χ4n) is 9.26. The van der Waals surface area contributed by atoms with Crippen molar-refractivity contribution in [3.8, 4) is 0 Å². The van der Waals surface area contributed by atoms with Crippen LogP contribution in [0.25, 0.3) is 0 Å². The third kappa shape index (κ3) is 2.85. The minimum Gasteiger partial charge on any atom is -0.481 e. The SMILES string of the molecule is CC(=O)O[C@H]1CC[C@@]2(C)[C@H](CC[C@@H]3[C@@H]2CC[C@]2(C)[C@@H]4CC[C@@]32OC(=O)[C@H]4CC(=O)O)C1. The highest BCUT2D eigenvalue weighted by molar-refractivity contribution is 5.81. The van der Waals surface area contributed by atoms with Gasteiger partial charge in [0.1, 0.15) is 11.7 Å². The molecule has 0 spiro atoms. The molecule has 0 aromatic heterocycles. The summed E-state index contributed by atoms with van der Waals surface area (Å²) in [6.07, 6.45) is 8.93. The third-order valence-corrected chi connectivity index (χ3v) is 10.6. The number of aliphatic carboxylic acids is 1. The maximum Gasteiger partial charge on any atom is 0.310 e. The molecule has 4 saturated carbocycles. The Morgan fingerprint density at radius 2 is 1.77 bits per heavy atom. The summed E-state index contributed by atoms with van der Waals surface area (Å²) in [5.74, 6) is -0.319. The molecule has 0 aromatic rings. The van der Waals surface area contributed by atoms with Crippen molar-refractivity contribution in [2.45, 2.75) is 96.7 Å². The number of rotatable bonds is 3. The van der Waals surface area contributed by atoms with Crippen molar-refractivity contribution in [3.05, 3.63) is 0 Å². The van der Waals surface area contributed by atoms with Crippen molar-refractivity contribution < 1.29 is 29.0 Å². The van der Waals surface area contributed by atoms with Gasteiger partial charge in [0.25, 0.3) is 0 Å². The molecule has 0 aromatic carbocycles. The standard InChI is InChI=1S/C25H36O6/c1-14(26)30-16-6-9-23(2)15(12-16)4-5-20-19(23)7-10-24(3)18-8-11-25(20,24)31-22(29)17(18)13-21(27)28/h15-20H,4-13H2,1-3H3,(H,27,28)/t15-,16+,17+,18-,19+,20-,23+,24-,25-/m1/s1. The van der Waals surface area contributed by atoms with Crippen LogP contribution in [0.3, 0.4) is 0 Å². The summed E-state index contributed by atoms with van der Waals surface area (Å²) in [6, 6.07) is 0. The summed E-state index contributed by atoms with van der Waals surface area (Å²) >= 11 is 0. The lowest BCUT2D eigenvalue weighted by molar-refractivity contribution is -0.254. The highest BCUT2D eigenvalue weighted by Gasteiger charge is 2.73. The van der Waals surface area contributed by atoms with Gasteiger partial charge in [-0.25, -0.2) is 0 Å². The Balaban J connectivity index is 1.43. The first-order valence-electron chi connectivity index (χ1n) is 12.2. The first kappa shape index (κ1) is 21.3. The van der Waals surface area contributed by atoms with E-state index in [-0.39, 0.29) is 41.2 Å². The van der Waals surface area contributed by atoms with E-state index in [1.807, 2.05) is 0 Å². The molecule has 4 aliphatic carbocycles. The molecule has 0 amide bonds. The second-order valence-corrected chi connectivity index (χ2v) is 11.6. The van der Waals surface area contributed by atoms with Crippen molar-refractivity contribution in [1.29, 1.82) is 0 Å². The van der Waals surface area contributed by atoms with Gasteiger partial charge in [0.05, 0.1) is 12.3 Å². The highest BCUT2D eigenvalue weighted by Crippen LogP contribution is 2.72. The smallest absolute Gasteiger partial charge is 0.310 e. The number of carboxylic acids is 1. The average Bonchev–Trinajstić information content (AvgIpc) is 2.89. The summed E-state index contributed by atoms with van der Waals surface area (Å²) < 4.78 is 12.0. The molecule has 1 saturated heterocycles. The molecule has 9 atom stereocenters. The van der Waals surface area contributed by atoms with Gasteiger partial charge in [-0.2, -0.15) is 0 Å². The Morgan fingerprint density at radius 3 is 2.48 bits per heavy atom. The van der Waals surface area contributed by atoms with Gasteiger partial charge in [-0.3, -0.25) is 14.4 Å². The Hall–Kier alpha value is -1.59. The molecule has 6 nitrogen and oxygen atoms in total. The van der Waals surface area contributed by atoms with Crippen LogP contribution < -0.4 is 0 Å². The summed E-state index contributed by atoms with van der Waals surface area (Å²) in [6.45, 7) is 6.22. The number of fused-ring (bicyclic) bond motifs is 3. The third-order valence-electron chi connectivity index (χ3n) is 10.6. The zero-order chi connectivity index (χ0) is 22.2. The Labute approximate surface area is 184 Å². The fraction of sp³-hybridized carbons (Fsp3) is 0.880. The van der Waals surface area contributed by atoms with Crippen LogP contribution >= 0.6 is 0 Å². The zero-order valence-corrected chi connectivity index (χ0v) is 19.0. The quantitative estimate of drug-likeness (QED) is 0.667. The molecular weight excluding hydrogens is 396 g/mol. The number of esters is 2. The lowest BCUT2D eigenvalue weighted by Gasteiger charge is -2.66. The van der Waals surface area contributed by atoms with Gasteiger partial charge >= 0.3 is 17.9 Å². The lowest BCUT2D eigenvalue weighted by Crippen LogP contribution is -2.66. The molecule has 5 aliphatic rings. The number of ether oxygens (including phenoxy) is 2. The second kappa shape index (κ2) is 6.95. The van der Waals surface area contributed by atoms with Crippen molar-refractivity contribution in [3.63, 3.8) is 0 Å². The lowest BCUT2D eigenvalue weighted by atomic mass is 9.42. The van der Waals surface area contributed by atoms with E-state index in [9.17, 15) is 19.5 Å². The van der Waals surface area contributed by atoms with E-state index in [1.54, 1.807) is 0 Å². The predicted molar refractivity (Wildman–Crippen MR) is 112 cm³/mol. The number of carbonyl (C=O) groups is 3. The monoisotopic (exact) mass is 432 g/mol. The molecule has 31 heavy (non-hydrogen) atoms. The van der Waals surface area contributed by atoms with Crippen LogP contribution in [0.15, 0.2) is 0 Å². The Bertz CT molecular complexity index is 808. The van der Waals surface area contributed by atoms with E-state index in [0.29, 0.717) is 17.8 Å². The van der Waals surface area contributed by atoms with E-state index in [0.717, 1.165) is 57.8 Å². The molecule has 5 rings (SSSR count). The first-order valence-corrected chi connectivity index (χ1v) is 12.2. The number of carbonyl (C=O) groups excluding carboxylic acids is 2. The summed E-state index contributed by atoms with van der Waals surface area (Å²) in [5, 5.41) is 9.38. The van der Waals surface area contributed by atoms with Gasteiger partial charge in [-0.1, -0.05) is 13.8 Å². The maximum atomic E-state index is 13.0. The first-order chi connectivity index (χ1) is 14.6. The summed E-state index contributed by atoms with van der Waals surface area (Å²) in [5.41, 5.74) is -0.341. The van der Waals surface area contributed by atoms with Crippen molar-refractivity contribution in [2.75, 3.05) is 0 Å². The molecule has 0 radical (unpaired) electrons. The number of hydrogen-bond donors (Lipinski definition) is 1. The molecule has 1 heterocycles. The summed E-state index contributed by atoms with van der Waals surface area (Å²) in [4.78, 5) is 35.9. The maximum absolute atomic E-state index is 13.0. The highest BCUT2D eigenvalue weighted by atomic mass is 16.6. The van der Waals surface area contributed by atoms with Crippen LogP contribution in [0, 0.1) is 40.4 Å². The van der Waals surface area contributed by atoms with E-state index >= 15 is 0 Å². The van der Waals surface area contributed by atoms with Gasteiger partial charge in [-0.05, 0) is 81.0 Å². The van der Waals surface area contributed by atoms with Crippen molar-refractivity contribution in [2.24, 2.45) is 40.4 Å². The molecule has 6 heteroatoms. The van der Waals surface area contributed by atoms with Gasteiger partial charge in [0.2, 0.25) is 0 Å². The predicted octanol–water partition coefficient (Wildman–Crippen LogP) is 4.35. The average molecular weight is 433 g/mol. The van der Waals surface area contributed by atoms with Crippen LogP contribution in [-0.2, 0) is 23.9 Å². The molecule has 0 unspecified atom stereocenters. The van der Waals surface area contributed by atoms with Crippen LogP contribution in [0.2, 0.25) is 0 Å². The number of hydrogen-bond acceptors (Lipinski definition) is 5. The van der Waals surface area contributed by atoms with E-state index < -0.39 is 17.5 Å². The van der Waals surface area contributed by atoms with Gasteiger partial charge in [0.15, 0.2) is 0 Å². The number of carboxylic acid groups (broad SMARTS) is 1. The van der Waals surface area contributed by atoms with E-state index in [2.05, 4.69) is 13.8 Å². The van der Waals surface area contributed by atoms with Crippen LogP contribution in [0.5, 0.6) is 0 Å². The molecule has 5 fully saturated rings. The van der Waals surface area contributed by atoms with E-state index in [4.69, 9.17) is 9.47 Å². The van der Waals surface area contributed by atoms with Gasteiger partial charge in [-0.15, -0.1) is 0 Å². The molecule has 1 aliphatic heterocycles. The van der Waals surface area contributed by atoms with E-state index in [1.165, 1.54) is 6.92 Å². The van der Waals surface area contributed by atoms with Gasteiger partial charge < -0.3 is 14.6 Å². The molecule has 2 bridgehead atoms. The fourth-order valence-corrected chi connectivity index (χ4v) is 9.26. The molecule has 1 N–H and O–H groups in total. The van der Waals surface area contributed by atoms with Crippen molar-refractivity contribution in [1.82, 2.24) is 0 Å². The van der Waals surface area contributed by atoms with Crippen LogP contribution in [0.4, 0.5) is 0 Å². The van der Waals surface area contributed by atoms with Crippen molar-refractivity contribution >= 4 is 17.9 Å². The largest absolute Gasteiger partial charge is 0.481 e. The minimum atomic E-state index is -0.906. The summed E-state index contributed by atoms with van der Waals surface area (Å²) in [7, 11) is 0. The topological polar surface area (TPSA) is 89.9 Å². The second-order valence-electron chi connectivity index (χ2n) is 11.6.